The summed E-state index contributed by atoms with van der Waals surface area (Å²) in [6.07, 6.45) is -4.22. The first-order chi connectivity index (χ1) is 21.4. The molecule has 1 saturated heterocycles. The minimum atomic E-state index is -4.22. The largest absolute Gasteiger partial charge is 0.478 e. The number of nitrogens with zero attached hydrogens (tertiary/aromatic N) is 2. The summed E-state index contributed by atoms with van der Waals surface area (Å²) in [6, 6.07) is 19.8. The van der Waals surface area contributed by atoms with Crippen LogP contribution in [0.4, 0.5) is 22.0 Å². The lowest BCUT2D eigenvalue weighted by atomic mass is 9.98. The molecule has 5 aromatic rings. The number of H-pyrrole nitrogens is 1. The Morgan fingerprint density at radius 2 is 1.64 bits per heavy atom. The highest BCUT2D eigenvalue weighted by Gasteiger charge is 2.32. The zero-order chi connectivity index (χ0) is 31.9. The zero-order valence-electron chi connectivity index (χ0n) is 23.9. The Labute approximate surface area is 254 Å². The second-order valence-electron chi connectivity index (χ2n) is 11.0. The number of hydrogen-bond acceptors (Lipinski definition) is 5. The van der Waals surface area contributed by atoms with Gasteiger partial charge in [0.15, 0.2) is 5.82 Å². The molecule has 1 aliphatic rings. The zero-order valence-corrected chi connectivity index (χ0v) is 23.9. The van der Waals surface area contributed by atoms with Crippen LogP contribution < -0.4 is 10.1 Å². The minimum absolute atomic E-state index is 0.0472. The van der Waals surface area contributed by atoms with Crippen molar-refractivity contribution in [3.05, 3.63) is 101 Å². The van der Waals surface area contributed by atoms with Crippen LogP contribution in [0, 0.1) is 18.6 Å². The van der Waals surface area contributed by atoms with Crippen molar-refractivity contribution in [1.82, 2.24) is 20.2 Å². The Balaban J connectivity index is 1.14. The average molecular weight is 623 g/mol. The Morgan fingerprint density at radius 1 is 1.00 bits per heavy atom. The number of hydrogen-bond donors (Lipinski definition) is 3. The topological polar surface area (TPSA) is 90.5 Å². The number of imidazole rings is 1. The Morgan fingerprint density at radius 3 is 2.29 bits per heavy atom. The molecule has 1 fully saturated rings. The van der Waals surface area contributed by atoms with Crippen molar-refractivity contribution >= 4 is 17.0 Å². The molecule has 12 heteroatoms. The molecule has 232 valence electrons. The normalized spacial score (nSPS) is 14.1. The number of aromatic nitrogens is 2. The Hall–Kier alpha value is -4.81. The molecule has 0 amide bonds. The van der Waals surface area contributed by atoms with Gasteiger partial charge in [0, 0.05) is 31.7 Å². The van der Waals surface area contributed by atoms with Crippen LogP contribution in [-0.2, 0) is 6.54 Å². The number of carboxylic acid groups (broad SMARTS) is 1. The second-order valence-corrected chi connectivity index (χ2v) is 11.0. The maximum Gasteiger partial charge on any atom is 0.401 e. The van der Waals surface area contributed by atoms with Gasteiger partial charge in [-0.25, -0.2) is 13.6 Å². The number of benzene rings is 4. The average Bonchev–Trinajstić information content (AvgIpc) is 3.37. The number of halogens is 5. The smallest absolute Gasteiger partial charge is 0.401 e. The van der Waals surface area contributed by atoms with Gasteiger partial charge in [0.05, 0.1) is 23.2 Å². The van der Waals surface area contributed by atoms with E-state index in [1.165, 1.54) is 6.07 Å². The molecule has 0 radical (unpaired) electrons. The lowest BCUT2D eigenvalue weighted by Crippen LogP contribution is -2.58. The molecule has 0 unspecified atom stereocenters. The SMILES string of the molecule is Cc1ccc(Oc2nc3c(F)c(-c4ccc(-c5ccc(CN6CC(NCC(F)(F)F)C6)cc5)cc4)c(F)cc3[nH]2)cc1C(=O)O. The van der Waals surface area contributed by atoms with E-state index in [1.54, 1.807) is 43.3 Å². The third-order valence-electron chi connectivity index (χ3n) is 7.72. The standard InChI is InChI=1S/C33H27F5N4O3/c1-18-2-11-24(12-25(18)31(43)44)45-32-40-27-13-26(34)28(29(35)30(27)41-32)22-9-7-21(8-10-22)20-5-3-19(4-6-20)14-42-15-23(16-42)39-17-33(36,37)38/h2-13,23,39H,14-17H2,1H3,(H,40,41)(H,43,44). The summed E-state index contributed by atoms with van der Waals surface area (Å²) in [7, 11) is 0. The molecule has 0 spiro atoms. The monoisotopic (exact) mass is 622 g/mol. The number of aryl methyl sites for hydroxylation is 1. The Kier molecular flexibility index (Phi) is 8.02. The van der Waals surface area contributed by atoms with Crippen molar-refractivity contribution < 1.29 is 36.6 Å². The molecular weight excluding hydrogens is 595 g/mol. The van der Waals surface area contributed by atoms with Crippen LogP contribution in [0.5, 0.6) is 11.8 Å². The van der Waals surface area contributed by atoms with Crippen molar-refractivity contribution in [1.29, 1.82) is 0 Å². The highest BCUT2D eigenvalue weighted by molar-refractivity contribution is 5.90. The van der Waals surface area contributed by atoms with E-state index in [4.69, 9.17) is 4.74 Å². The number of carbonyl (C=O) groups is 1. The molecule has 0 saturated carbocycles. The van der Waals surface area contributed by atoms with Gasteiger partial charge < -0.3 is 20.1 Å². The second kappa shape index (κ2) is 11.9. The maximum absolute atomic E-state index is 15.6. The van der Waals surface area contributed by atoms with E-state index in [-0.39, 0.29) is 40.0 Å². The van der Waals surface area contributed by atoms with Gasteiger partial charge in [-0.2, -0.15) is 18.2 Å². The van der Waals surface area contributed by atoms with Crippen LogP contribution in [0.1, 0.15) is 21.5 Å². The molecule has 45 heavy (non-hydrogen) atoms. The van der Waals surface area contributed by atoms with Gasteiger partial charge >= 0.3 is 12.1 Å². The number of fused-ring (bicyclic) bond motifs is 1. The molecule has 1 aromatic heterocycles. The van der Waals surface area contributed by atoms with Gasteiger partial charge in [0.1, 0.15) is 17.1 Å². The van der Waals surface area contributed by atoms with E-state index in [9.17, 15) is 23.1 Å². The number of aromatic amines is 1. The van der Waals surface area contributed by atoms with Gasteiger partial charge in [0.2, 0.25) is 0 Å². The third kappa shape index (κ3) is 6.66. The first-order valence-corrected chi connectivity index (χ1v) is 14.1. The molecule has 3 N–H and O–H groups in total. The summed E-state index contributed by atoms with van der Waals surface area (Å²) in [5, 5.41) is 11.9. The molecule has 6 rings (SSSR count). The number of aromatic carboxylic acids is 1. The quantitative estimate of drug-likeness (QED) is 0.149. The molecular formula is C33H27F5N4O3. The predicted octanol–water partition coefficient (Wildman–Crippen LogP) is 7.31. The highest BCUT2D eigenvalue weighted by atomic mass is 19.4. The van der Waals surface area contributed by atoms with E-state index >= 15 is 8.78 Å². The minimum Gasteiger partial charge on any atom is -0.478 e. The Bertz CT molecular complexity index is 1870. The van der Waals surface area contributed by atoms with E-state index in [0.717, 1.165) is 22.8 Å². The van der Waals surface area contributed by atoms with Gasteiger partial charge in [-0.05, 0) is 46.9 Å². The van der Waals surface area contributed by atoms with Crippen molar-refractivity contribution in [2.75, 3.05) is 19.6 Å². The van der Waals surface area contributed by atoms with Gasteiger partial charge in [0.25, 0.3) is 6.01 Å². The number of alkyl halides is 3. The van der Waals surface area contributed by atoms with Crippen LogP contribution in [-0.4, -0.2) is 57.8 Å². The summed E-state index contributed by atoms with van der Waals surface area (Å²) in [4.78, 5) is 20.4. The number of nitrogens with one attached hydrogen (secondary N) is 2. The molecule has 2 heterocycles. The van der Waals surface area contributed by atoms with Crippen LogP contribution in [0.2, 0.25) is 0 Å². The maximum atomic E-state index is 15.6. The van der Waals surface area contributed by atoms with Gasteiger partial charge in [-0.1, -0.05) is 54.6 Å². The van der Waals surface area contributed by atoms with E-state index in [1.807, 2.05) is 24.3 Å². The van der Waals surface area contributed by atoms with Crippen molar-refractivity contribution in [3.8, 4) is 34.0 Å². The number of ether oxygens (including phenoxy) is 1. The van der Waals surface area contributed by atoms with Crippen LogP contribution in [0.25, 0.3) is 33.3 Å². The van der Waals surface area contributed by atoms with Gasteiger partial charge in [-0.3, -0.25) is 4.90 Å². The fraction of sp³-hybridized carbons (Fsp3) is 0.212. The summed E-state index contributed by atoms with van der Waals surface area (Å²) in [5.74, 6) is -2.61. The lowest BCUT2D eigenvalue weighted by molar-refractivity contribution is -0.128. The third-order valence-corrected chi connectivity index (χ3v) is 7.72. The molecule has 7 nitrogen and oxygen atoms in total. The summed E-state index contributed by atoms with van der Waals surface area (Å²) >= 11 is 0. The van der Waals surface area contributed by atoms with Crippen LogP contribution in [0.3, 0.4) is 0 Å². The van der Waals surface area contributed by atoms with Crippen molar-refractivity contribution in [2.24, 2.45) is 0 Å². The fourth-order valence-corrected chi connectivity index (χ4v) is 5.36. The van der Waals surface area contributed by atoms with Gasteiger partial charge in [-0.15, -0.1) is 0 Å². The number of likely N-dealkylation sites (tertiary alicyclic amines) is 1. The van der Waals surface area contributed by atoms with E-state index < -0.39 is 30.3 Å². The first-order valence-electron chi connectivity index (χ1n) is 14.1. The molecule has 0 bridgehead atoms. The number of rotatable bonds is 9. The van der Waals surface area contributed by atoms with Crippen molar-refractivity contribution in [3.63, 3.8) is 0 Å². The van der Waals surface area contributed by atoms with E-state index in [2.05, 4.69) is 20.2 Å². The highest BCUT2D eigenvalue weighted by Crippen LogP contribution is 2.34. The number of carboxylic acids is 1. The molecule has 0 aliphatic carbocycles. The molecule has 1 aliphatic heterocycles. The molecule has 0 atom stereocenters. The summed E-state index contributed by atoms with van der Waals surface area (Å²) < 4.78 is 73.5. The van der Waals surface area contributed by atoms with Crippen molar-refractivity contribution in [2.45, 2.75) is 25.7 Å². The summed E-state index contributed by atoms with van der Waals surface area (Å²) in [6.45, 7) is 2.38. The fourth-order valence-electron chi connectivity index (χ4n) is 5.36. The first kappa shape index (κ1) is 30.2. The predicted molar refractivity (Wildman–Crippen MR) is 158 cm³/mol. The van der Waals surface area contributed by atoms with E-state index in [0.29, 0.717) is 30.8 Å². The molecule has 4 aromatic carbocycles. The van der Waals surface area contributed by atoms with Crippen LogP contribution >= 0.6 is 0 Å². The lowest BCUT2D eigenvalue weighted by Gasteiger charge is -2.40. The van der Waals surface area contributed by atoms with Crippen LogP contribution in [0.15, 0.2) is 72.8 Å². The summed E-state index contributed by atoms with van der Waals surface area (Å²) in [5.41, 5.74) is 3.36.